The number of carbonyl (C=O) groups excluding carboxylic acids is 3. The van der Waals surface area contributed by atoms with Crippen LogP contribution in [0, 0.1) is 13.8 Å². The van der Waals surface area contributed by atoms with E-state index in [4.69, 9.17) is 18.9 Å². The molecule has 1 fully saturated rings. The Balaban J connectivity index is 1.57. The van der Waals surface area contributed by atoms with E-state index in [9.17, 15) is 19.5 Å². The lowest BCUT2D eigenvalue weighted by Crippen LogP contribution is -2.29. The largest absolute Gasteiger partial charge is 0.507 e. The van der Waals surface area contributed by atoms with Gasteiger partial charge in [-0.2, -0.15) is 0 Å². The average molecular weight is 643 g/mol. The molecule has 46 heavy (non-hydrogen) atoms. The number of aryl methyl sites for hydroxylation is 2. The van der Waals surface area contributed by atoms with Gasteiger partial charge in [0.2, 0.25) is 0 Å². The maximum absolute atomic E-state index is 13.7. The number of benzene rings is 3. The molecular weight excluding hydrogens is 608 g/mol. The van der Waals surface area contributed by atoms with Crippen LogP contribution in [-0.2, 0) is 20.9 Å². The molecule has 0 saturated carbocycles. The molecule has 1 aliphatic rings. The molecule has 0 radical (unpaired) electrons. The van der Waals surface area contributed by atoms with Crippen LogP contribution < -0.4 is 19.1 Å². The van der Waals surface area contributed by atoms with E-state index >= 15 is 0 Å². The van der Waals surface area contributed by atoms with Crippen molar-refractivity contribution in [1.82, 2.24) is 4.98 Å². The predicted molar refractivity (Wildman–Crippen MR) is 174 cm³/mol. The van der Waals surface area contributed by atoms with Crippen LogP contribution in [0.4, 0.5) is 5.13 Å². The second kappa shape index (κ2) is 13.9. The number of esters is 1. The first-order valence-corrected chi connectivity index (χ1v) is 15.5. The number of carbonyl (C=O) groups is 3. The number of aliphatic hydroxyl groups excluding tert-OH is 1. The van der Waals surface area contributed by atoms with Crippen molar-refractivity contribution in [2.45, 2.75) is 40.3 Å². The van der Waals surface area contributed by atoms with Gasteiger partial charge in [-0.15, -0.1) is 0 Å². The van der Waals surface area contributed by atoms with Gasteiger partial charge in [-0.1, -0.05) is 41.7 Å². The summed E-state index contributed by atoms with van der Waals surface area (Å²) in [6.07, 6.45) is 0. The Kier molecular flexibility index (Phi) is 9.72. The van der Waals surface area contributed by atoms with Crippen LogP contribution in [-0.4, -0.2) is 48.1 Å². The zero-order chi connectivity index (χ0) is 33.0. The first kappa shape index (κ1) is 32.2. The molecule has 4 aromatic rings. The highest BCUT2D eigenvalue weighted by atomic mass is 32.1. The zero-order valence-electron chi connectivity index (χ0n) is 26.2. The molecule has 11 heteroatoms. The van der Waals surface area contributed by atoms with Gasteiger partial charge in [0.1, 0.15) is 23.0 Å². The number of Topliss-reactive ketones (excluding diaryl/α,β-unsaturated/α-hetero) is 1. The lowest BCUT2D eigenvalue weighted by atomic mass is 9.95. The number of aromatic nitrogens is 1. The number of hydrogen-bond acceptors (Lipinski definition) is 10. The van der Waals surface area contributed by atoms with Crippen molar-refractivity contribution in [1.29, 1.82) is 0 Å². The number of amides is 1. The van der Waals surface area contributed by atoms with E-state index in [1.54, 1.807) is 56.3 Å². The third-order valence-electron chi connectivity index (χ3n) is 7.48. The van der Waals surface area contributed by atoms with E-state index in [1.165, 1.54) is 12.0 Å². The fourth-order valence-electron chi connectivity index (χ4n) is 5.14. The number of rotatable bonds is 11. The number of anilines is 1. The molecule has 0 aliphatic carbocycles. The Hall–Kier alpha value is -5.16. The van der Waals surface area contributed by atoms with Gasteiger partial charge in [0.25, 0.3) is 5.78 Å². The molecule has 238 valence electrons. The second-order valence-electron chi connectivity index (χ2n) is 10.4. The predicted octanol–water partition coefficient (Wildman–Crippen LogP) is 6.55. The summed E-state index contributed by atoms with van der Waals surface area (Å²) >= 11 is 0.937. The van der Waals surface area contributed by atoms with Crippen molar-refractivity contribution in [3.8, 4) is 17.2 Å². The van der Waals surface area contributed by atoms with Crippen molar-refractivity contribution in [2.75, 3.05) is 25.2 Å². The first-order valence-electron chi connectivity index (χ1n) is 14.7. The van der Waals surface area contributed by atoms with Crippen LogP contribution in [0.2, 0.25) is 0 Å². The van der Waals surface area contributed by atoms with E-state index in [0.717, 1.165) is 22.5 Å². The third kappa shape index (κ3) is 6.32. The van der Waals surface area contributed by atoms with Crippen LogP contribution in [0.1, 0.15) is 57.5 Å². The lowest BCUT2D eigenvalue weighted by Gasteiger charge is -2.24. The topological polar surface area (TPSA) is 124 Å². The van der Waals surface area contributed by atoms with E-state index in [-0.39, 0.29) is 27.9 Å². The summed E-state index contributed by atoms with van der Waals surface area (Å²) < 4.78 is 22.3. The number of aliphatic hydroxyl groups is 1. The molecule has 1 N–H and O–H groups in total. The Bertz CT molecular complexity index is 1810. The van der Waals surface area contributed by atoms with E-state index in [2.05, 4.69) is 4.98 Å². The van der Waals surface area contributed by atoms with E-state index < -0.39 is 23.7 Å². The molecule has 1 amide bonds. The van der Waals surface area contributed by atoms with Gasteiger partial charge in [0.15, 0.2) is 16.6 Å². The fraction of sp³-hybridized carbons (Fsp3) is 0.257. The maximum Gasteiger partial charge on any atom is 0.350 e. The van der Waals surface area contributed by atoms with Gasteiger partial charge >= 0.3 is 11.9 Å². The minimum Gasteiger partial charge on any atom is -0.507 e. The number of thiazole rings is 1. The minimum atomic E-state index is -1.10. The van der Waals surface area contributed by atoms with E-state index in [0.29, 0.717) is 47.3 Å². The summed E-state index contributed by atoms with van der Waals surface area (Å²) in [4.78, 5) is 45.8. The minimum absolute atomic E-state index is 0.111. The summed E-state index contributed by atoms with van der Waals surface area (Å²) in [5.41, 5.74) is 3.14. The molecule has 5 rings (SSSR count). The second-order valence-corrected chi connectivity index (χ2v) is 11.4. The van der Waals surface area contributed by atoms with Gasteiger partial charge in [0.05, 0.1) is 37.6 Å². The number of hydrogen-bond donors (Lipinski definition) is 1. The summed E-state index contributed by atoms with van der Waals surface area (Å²) in [6.45, 7) is 8.09. The molecule has 1 saturated heterocycles. The maximum atomic E-state index is 13.7. The monoisotopic (exact) mass is 642 g/mol. The van der Waals surface area contributed by atoms with Gasteiger partial charge in [0, 0.05) is 5.56 Å². The number of nitrogens with zero attached hydrogens (tertiary/aromatic N) is 2. The molecule has 2 heterocycles. The zero-order valence-corrected chi connectivity index (χ0v) is 27.0. The Labute approximate surface area is 270 Å². The smallest absolute Gasteiger partial charge is 0.350 e. The standard InChI is InChI=1S/C35H34N2O8S/c1-6-43-26-17-14-23(18-27(26)42-5)29-28(31(39)33(40)37(29)35-36-21(4)32(46-35)34(41)44-7-2)30(38)22-12-15-25(16-13-22)45-19-24-11-9-8-10-20(24)3/h8-18,29,38H,6-7,19H2,1-5H3. The van der Waals surface area contributed by atoms with Crippen LogP contribution in [0.25, 0.3) is 5.76 Å². The molecule has 1 aromatic heterocycles. The van der Waals surface area contributed by atoms with Crippen molar-refractivity contribution in [3.63, 3.8) is 0 Å². The Morgan fingerprint density at radius 3 is 2.37 bits per heavy atom. The first-order chi connectivity index (χ1) is 22.2. The van der Waals surface area contributed by atoms with E-state index in [1.807, 2.05) is 38.1 Å². The van der Waals surface area contributed by atoms with Crippen LogP contribution >= 0.6 is 11.3 Å². The molecule has 0 spiro atoms. The number of methoxy groups -OCH3 is 1. The van der Waals surface area contributed by atoms with Crippen molar-refractivity contribution >= 4 is 39.9 Å². The van der Waals surface area contributed by atoms with Crippen LogP contribution in [0.5, 0.6) is 17.2 Å². The average Bonchev–Trinajstić information content (AvgIpc) is 3.57. The van der Waals surface area contributed by atoms with Gasteiger partial charge in [-0.25, -0.2) is 9.78 Å². The Morgan fingerprint density at radius 2 is 1.70 bits per heavy atom. The molecule has 10 nitrogen and oxygen atoms in total. The molecule has 1 unspecified atom stereocenters. The summed E-state index contributed by atoms with van der Waals surface area (Å²) in [7, 11) is 1.48. The van der Waals surface area contributed by atoms with Crippen molar-refractivity contribution in [2.24, 2.45) is 0 Å². The van der Waals surface area contributed by atoms with Gasteiger partial charge in [-0.05, 0) is 80.8 Å². The number of ether oxygens (including phenoxy) is 4. The molecule has 1 atom stereocenters. The lowest BCUT2D eigenvalue weighted by molar-refractivity contribution is -0.132. The van der Waals surface area contributed by atoms with Crippen LogP contribution in [0.3, 0.4) is 0 Å². The number of ketones is 1. The molecule has 3 aromatic carbocycles. The van der Waals surface area contributed by atoms with Crippen LogP contribution in [0.15, 0.2) is 72.3 Å². The molecule has 0 bridgehead atoms. The fourth-order valence-corrected chi connectivity index (χ4v) is 6.13. The highest BCUT2D eigenvalue weighted by molar-refractivity contribution is 7.17. The highest BCUT2D eigenvalue weighted by Crippen LogP contribution is 2.45. The molecular formula is C35H34N2O8S. The quantitative estimate of drug-likeness (QED) is 0.0839. The van der Waals surface area contributed by atoms with Gasteiger partial charge in [-0.3, -0.25) is 14.5 Å². The van der Waals surface area contributed by atoms with Gasteiger partial charge < -0.3 is 24.1 Å². The summed E-state index contributed by atoms with van der Waals surface area (Å²) in [5.74, 6) is -1.34. The normalized spacial score (nSPS) is 15.6. The summed E-state index contributed by atoms with van der Waals surface area (Å²) in [6, 6.07) is 18.5. The third-order valence-corrected chi connectivity index (χ3v) is 8.62. The SMILES string of the molecule is CCOC(=O)c1sc(N2C(=O)C(=O)C(=C(O)c3ccc(OCc4ccccc4C)cc3)C2c2ccc(OCC)c(OC)c2)nc1C. The highest BCUT2D eigenvalue weighted by Gasteiger charge is 2.48. The van der Waals surface area contributed by atoms with Crippen molar-refractivity contribution < 1.29 is 38.4 Å². The van der Waals surface area contributed by atoms with Crippen molar-refractivity contribution in [3.05, 3.63) is 105 Å². The Morgan fingerprint density at radius 1 is 0.957 bits per heavy atom. The molecule has 1 aliphatic heterocycles. The summed E-state index contributed by atoms with van der Waals surface area (Å²) in [5, 5.41) is 11.7.